The molecule has 37 heavy (non-hydrogen) atoms. The van der Waals surface area contributed by atoms with Gasteiger partial charge in [0.25, 0.3) is 5.91 Å². The van der Waals surface area contributed by atoms with E-state index in [1.807, 2.05) is 0 Å². The monoisotopic (exact) mass is 556 g/mol. The third-order valence-corrected chi connectivity index (χ3v) is 7.57. The van der Waals surface area contributed by atoms with Gasteiger partial charge in [-0.15, -0.1) is 4.36 Å². The molecule has 2 heterocycles. The number of pyridine rings is 1. The standard InChI is InChI=1S/C25H31ClF2N4O4S/c1-16-20(26)15-19(21(29-16)32-12-7-10-25(27,28)11-13-32)22(33)30-17-8-6-9-18(14-17)37(5,35)31-23(34)36-24(2,3)4/h6,8-9,14-15H,7,10-13H2,1-5H3,(H,30,33)/t37-/m1/s1. The molecule has 0 unspecified atom stereocenters. The molecule has 2 aromatic rings. The molecule has 1 aromatic heterocycles. The zero-order valence-electron chi connectivity index (χ0n) is 21.4. The number of ether oxygens (including phenoxy) is 1. The van der Waals surface area contributed by atoms with E-state index in [1.54, 1.807) is 44.7 Å². The van der Waals surface area contributed by atoms with Crippen LogP contribution in [0.25, 0.3) is 0 Å². The van der Waals surface area contributed by atoms with Gasteiger partial charge in [-0.25, -0.2) is 22.8 Å². The van der Waals surface area contributed by atoms with Gasteiger partial charge in [0, 0.05) is 42.8 Å². The average Bonchev–Trinajstić information content (AvgIpc) is 2.94. The quantitative estimate of drug-likeness (QED) is 0.473. The summed E-state index contributed by atoms with van der Waals surface area (Å²) in [5.74, 6) is -3.06. The summed E-state index contributed by atoms with van der Waals surface area (Å²) in [6.07, 6.45) is 0.0308. The smallest absolute Gasteiger partial charge is 0.442 e. The molecule has 202 valence electrons. The van der Waals surface area contributed by atoms with E-state index in [9.17, 15) is 22.6 Å². The van der Waals surface area contributed by atoms with Crippen molar-refractivity contribution >= 4 is 44.8 Å². The number of halogens is 3. The summed E-state index contributed by atoms with van der Waals surface area (Å²) in [5.41, 5.74) is 0.0973. The Balaban J connectivity index is 1.89. The molecule has 1 fully saturated rings. The first-order valence-electron chi connectivity index (χ1n) is 11.7. The van der Waals surface area contributed by atoms with Crippen molar-refractivity contribution in [3.8, 4) is 0 Å². The maximum absolute atomic E-state index is 13.9. The van der Waals surface area contributed by atoms with Crippen molar-refractivity contribution < 1.29 is 27.3 Å². The van der Waals surface area contributed by atoms with E-state index in [1.165, 1.54) is 24.5 Å². The average molecular weight is 557 g/mol. The molecule has 1 aliphatic rings. The number of nitrogens with zero attached hydrogens (tertiary/aromatic N) is 3. The number of benzene rings is 1. The highest BCUT2D eigenvalue weighted by molar-refractivity contribution is 7.93. The minimum absolute atomic E-state index is 0.0426. The number of aromatic nitrogens is 1. The van der Waals surface area contributed by atoms with Crippen molar-refractivity contribution in [1.29, 1.82) is 0 Å². The molecule has 0 saturated carbocycles. The van der Waals surface area contributed by atoms with E-state index >= 15 is 0 Å². The third-order valence-electron chi connectivity index (χ3n) is 5.56. The Morgan fingerprint density at radius 2 is 1.92 bits per heavy atom. The number of carbonyl (C=O) groups is 2. The summed E-state index contributed by atoms with van der Waals surface area (Å²) < 4.78 is 49.9. The van der Waals surface area contributed by atoms with Crippen LogP contribution in [-0.2, 0) is 14.5 Å². The van der Waals surface area contributed by atoms with Gasteiger partial charge >= 0.3 is 6.09 Å². The Labute approximate surface area is 220 Å². The van der Waals surface area contributed by atoms with E-state index in [4.69, 9.17) is 16.3 Å². The molecule has 0 bridgehead atoms. The predicted octanol–water partition coefficient (Wildman–Crippen LogP) is 6.31. The molecule has 1 aliphatic heterocycles. The number of anilines is 2. The largest absolute Gasteiger partial charge is 0.442 e. The summed E-state index contributed by atoms with van der Waals surface area (Å²) in [6.45, 7) is 7.06. The zero-order valence-corrected chi connectivity index (χ0v) is 23.0. The van der Waals surface area contributed by atoms with Crippen LogP contribution in [-0.4, -0.2) is 52.1 Å². The van der Waals surface area contributed by atoms with Crippen LogP contribution in [0, 0.1) is 6.92 Å². The topological polar surface area (TPSA) is 101 Å². The fourth-order valence-corrected chi connectivity index (χ4v) is 4.99. The minimum Gasteiger partial charge on any atom is -0.442 e. The Hall–Kier alpha value is -2.79. The van der Waals surface area contributed by atoms with Crippen molar-refractivity contribution in [2.45, 2.75) is 63.4 Å². The van der Waals surface area contributed by atoms with E-state index < -0.39 is 33.3 Å². The maximum Gasteiger partial charge on any atom is 0.442 e. The summed E-state index contributed by atoms with van der Waals surface area (Å²) in [7, 11) is -3.17. The summed E-state index contributed by atoms with van der Waals surface area (Å²) in [6, 6.07) is 7.58. The van der Waals surface area contributed by atoms with Crippen LogP contribution in [0.1, 0.15) is 56.1 Å². The molecule has 12 heteroatoms. The number of aryl methyl sites for hydroxylation is 1. The highest BCUT2D eigenvalue weighted by Gasteiger charge is 2.33. The number of carbonyl (C=O) groups excluding carboxylic acids is 2. The van der Waals surface area contributed by atoms with Crippen LogP contribution in [0.4, 0.5) is 25.1 Å². The molecular formula is C25H31ClF2N4O4S. The highest BCUT2D eigenvalue weighted by Crippen LogP contribution is 2.32. The zero-order chi connectivity index (χ0) is 27.6. The molecule has 8 nitrogen and oxygen atoms in total. The number of hydrogen-bond donors (Lipinski definition) is 1. The van der Waals surface area contributed by atoms with Gasteiger partial charge in [0.15, 0.2) is 0 Å². The van der Waals surface area contributed by atoms with Gasteiger partial charge in [-0.3, -0.25) is 4.79 Å². The lowest BCUT2D eigenvalue weighted by molar-refractivity contribution is -0.0102. The molecule has 1 N–H and O–H groups in total. The van der Waals surface area contributed by atoms with E-state index in [2.05, 4.69) is 14.7 Å². The molecule has 0 aliphatic carbocycles. The fourth-order valence-electron chi connectivity index (χ4n) is 3.74. The number of rotatable bonds is 4. The second-order valence-electron chi connectivity index (χ2n) is 9.98. The summed E-state index contributed by atoms with van der Waals surface area (Å²) >= 11 is 6.25. The molecule has 0 radical (unpaired) electrons. The normalized spacial score (nSPS) is 17.4. The lowest BCUT2D eigenvalue weighted by atomic mass is 10.1. The van der Waals surface area contributed by atoms with Gasteiger partial charge in [0.2, 0.25) is 5.92 Å². The van der Waals surface area contributed by atoms with Crippen molar-refractivity contribution in [3.63, 3.8) is 0 Å². The Bertz CT molecular complexity index is 1320. The highest BCUT2D eigenvalue weighted by atomic mass is 35.5. The lowest BCUT2D eigenvalue weighted by Gasteiger charge is -2.24. The molecule has 1 atom stereocenters. The first-order valence-corrected chi connectivity index (χ1v) is 14.0. The van der Waals surface area contributed by atoms with Crippen LogP contribution in [0.5, 0.6) is 0 Å². The van der Waals surface area contributed by atoms with Crippen molar-refractivity contribution in [2.24, 2.45) is 4.36 Å². The van der Waals surface area contributed by atoms with Crippen LogP contribution < -0.4 is 10.2 Å². The first-order chi connectivity index (χ1) is 17.1. The summed E-state index contributed by atoms with van der Waals surface area (Å²) in [4.78, 5) is 31.7. The number of alkyl halides is 2. The lowest BCUT2D eigenvalue weighted by Crippen LogP contribution is -2.29. The van der Waals surface area contributed by atoms with Crippen molar-refractivity contribution in [2.75, 3.05) is 29.6 Å². The number of nitrogens with one attached hydrogen (secondary N) is 1. The molecule has 1 saturated heterocycles. The molecular weight excluding hydrogens is 526 g/mol. The first kappa shape index (κ1) is 28.8. The van der Waals surface area contributed by atoms with Gasteiger partial charge in [0.1, 0.15) is 11.4 Å². The third kappa shape index (κ3) is 7.85. The molecule has 0 spiro atoms. The molecule has 3 rings (SSSR count). The van der Waals surface area contributed by atoms with Crippen LogP contribution in [0.2, 0.25) is 5.02 Å². The fraction of sp³-hybridized carbons (Fsp3) is 0.480. The van der Waals surface area contributed by atoms with Crippen LogP contribution in [0.3, 0.4) is 0 Å². The van der Waals surface area contributed by atoms with Gasteiger partial charge in [-0.2, -0.15) is 0 Å². The van der Waals surface area contributed by atoms with E-state index in [0.29, 0.717) is 17.9 Å². The molecule has 2 amide bonds. The number of hydrogen-bond acceptors (Lipinski definition) is 6. The predicted molar refractivity (Wildman–Crippen MR) is 140 cm³/mol. The maximum atomic E-state index is 13.9. The number of amides is 2. The summed E-state index contributed by atoms with van der Waals surface area (Å²) in [5, 5.41) is 2.98. The van der Waals surface area contributed by atoms with Crippen molar-refractivity contribution in [3.05, 3.63) is 46.6 Å². The SMILES string of the molecule is Cc1nc(N2CCCC(F)(F)CC2)c(C(=O)Nc2cccc([S@@](C)(=O)=NC(=O)OC(C)(C)C)c2)cc1Cl. The van der Waals surface area contributed by atoms with Crippen molar-refractivity contribution in [1.82, 2.24) is 4.98 Å². The Morgan fingerprint density at radius 1 is 1.22 bits per heavy atom. The van der Waals surface area contributed by atoms with Gasteiger partial charge in [-0.1, -0.05) is 17.7 Å². The van der Waals surface area contributed by atoms with Gasteiger partial charge < -0.3 is 15.0 Å². The minimum atomic E-state index is -3.17. The van der Waals surface area contributed by atoms with Crippen LogP contribution >= 0.6 is 11.6 Å². The van der Waals surface area contributed by atoms with Gasteiger partial charge in [0.05, 0.1) is 26.0 Å². The Morgan fingerprint density at radius 3 is 2.59 bits per heavy atom. The van der Waals surface area contributed by atoms with E-state index in [-0.39, 0.29) is 47.1 Å². The van der Waals surface area contributed by atoms with E-state index in [0.717, 1.165) is 0 Å². The second kappa shape index (κ2) is 10.9. The van der Waals surface area contributed by atoms with Crippen LogP contribution in [0.15, 0.2) is 39.6 Å². The van der Waals surface area contributed by atoms with Gasteiger partial charge in [-0.05, 0) is 58.4 Å². The second-order valence-corrected chi connectivity index (χ2v) is 12.6. The molecule has 1 aromatic carbocycles. The Kier molecular flexibility index (Phi) is 8.48.